The smallest absolute Gasteiger partial charge is 0.423 e. The van der Waals surface area contributed by atoms with Gasteiger partial charge in [0.1, 0.15) is 0 Å². The molecule has 0 bridgehead atoms. The van der Waals surface area contributed by atoms with Gasteiger partial charge in [0.2, 0.25) is 0 Å². The van der Waals surface area contributed by atoms with Gasteiger partial charge in [-0.05, 0) is 73.7 Å². The fourth-order valence-corrected chi connectivity index (χ4v) is 6.76. The summed E-state index contributed by atoms with van der Waals surface area (Å²) in [6, 6.07) is 48.5. The van der Waals surface area contributed by atoms with E-state index < -0.39 is 7.12 Å². The zero-order chi connectivity index (χ0) is 30.3. The summed E-state index contributed by atoms with van der Waals surface area (Å²) in [6.45, 7) is 4.70. The topological polar surface area (TPSA) is 52.5 Å². The van der Waals surface area contributed by atoms with E-state index in [1.54, 1.807) is 24.3 Å². The maximum atomic E-state index is 8.58. The Kier molecular flexibility index (Phi) is 7.17. The largest absolute Gasteiger partial charge is 0.488 e. The summed E-state index contributed by atoms with van der Waals surface area (Å²) in [6.07, 6.45) is 0.955. The summed E-state index contributed by atoms with van der Waals surface area (Å²) < 4.78 is 0. The lowest BCUT2D eigenvalue weighted by Crippen LogP contribution is -2.29. The van der Waals surface area contributed by atoms with Crippen molar-refractivity contribution in [1.29, 1.82) is 0 Å². The van der Waals surface area contributed by atoms with Crippen molar-refractivity contribution >= 4 is 24.0 Å². The Labute approximate surface area is 259 Å². The third-order valence-corrected chi connectivity index (χ3v) is 9.02. The monoisotopic (exact) mass is 571 g/mol. The van der Waals surface area contributed by atoms with Crippen molar-refractivity contribution in [2.24, 2.45) is 0 Å². The molecule has 0 saturated carbocycles. The average molecular weight is 572 g/mol. The molecular formula is C40H34BNO2. The Morgan fingerprint density at radius 1 is 0.568 bits per heavy atom. The molecule has 44 heavy (non-hydrogen) atoms. The summed E-state index contributed by atoms with van der Waals surface area (Å²) in [4.78, 5) is 0. The zero-order valence-corrected chi connectivity index (χ0v) is 25.0. The summed E-state index contributed by atoms with van der Waals surface area (Å²) in [5.41, 5.74) is 16.4. The van der Waals surface area contributed by atoms with Gasteiger partial charge in [0, 0.05) is 23.1 Å². The van der Waals surface area contributed by atoms with Crippen LogP contribution in [0.4, 0.5) is 11.4 Å². The standard InChI is InChI=1S/C34H27N.C6H7BO2/c1-34(2)31-15-9-8-14-28(31)29-17-16-23(21-32(29)34)26-18-19-27-25-13-7-6-10-22(25)20-30(27)33(26)35-24-11-4-3-5-12-24;8-7(9)6-4-2-1-3-5-6/h3-19,21,35H,20H2,1-2H3;1-5,8-9H. The molecule has 0 aromatic heterocycles. The van der Waals surface area contributed by atoms with E-state index in [4.69, 9.17) is 10.0 Å². The first-order valence-corrected chi connectivity index (χ1v) is 15.1. The van der Waals surface area contributed by atoms with E-state index in [-0.39, 0.29) is 5.41 Å². The number of benzene rings is 6. The molecule has 0 amide bonds. The molecule has 0 radical (unpaired) electrons. The Morgan fingerprint density at radius 2 is 1.16 bits per heavy atom. The first-order chi connectivity index (χ1) is 21.4. The maximum Gasteiger partial charge on any atom is 0.488 e. The number of nitrogens with one attached hydrogen (secondary N) is 1. The maximum absolute atomic E-state index is 8.58. The molecular weight excluding hydrogens is 537 g/mol. The van der Waals surface area contributed by atoms with Crippen LogP contribution in [0.3, 0.4) is 0 Å². The Bertz CT molecular complexity index is 1970. The van der Waals surface area contributed by atoms with Gasteiger partial charge >= 0.3 is 7.12 Å². The molecule has 0 aliphatic heterocycles. The number of para-hydroxylation sites is 1. The minimum absolute atomic E-state index is 0.0120. The molecule has 0 saturated heterocycles. The van der Waals surface area contributed by atoms with Crippen LogP contribution in [-0.4, -0.2) is 17.2 Å². The number of fused-ring (bicyclic) bond motifs is 6. The Morgan fingerprint density at radius 3 is 1.89 bits per heavy atom. The fourth-order valence-electron chi connectivity index (χ4n) is 6.76. The van der Waals surface area contributed by atoms with Crippen LogP contribution in [-0.2, 0) is 11.8 Å². The van der Waals surface area contributed by atoms with E-state index in [2.05, 4.69) is 128 Å². The number of anilines is 2. The van der Waals surface area contributed by atoms with Crippen LogP contribution in [0.5, 0.6) is 0 Å². The van der Waals surface area contributed by atoms with Gasteiger partial charge in [-0.1, -0.05) is 135 Å². The minimum Gasteiger partial charge on any atom is -0.423 e. The highest BCUT2D eigenvalue weighted by Gasteiger charge is 2.35. The SMILES string of the molecule is CC1(C)c2ccccc2-c2ccc(-c3ccc4c(c3Nc3ccccc3)Cc3ccccc3-4)cc21.OB(O)c1ccccc1. The second-order valence-corrected chi connectivity index (χ2v) is 12.1. The zero-order valence-electron chi connectivity index (χ0n) is 25.0. The molecule has 0 fully saturated rings. The van der Waals surface area contributed by atoms with E-state index in [1.807, 2.05) is 6.07 Å². The predicted octanol–water partition coefficient (Wildman–Crippen LogP) is 8.34. The summed E-state index contributed by atoms with van der Waals surface area (Å²) in [7, 11) is -1.34. The normalized spacial score (nSPS) is 13.1. The lowest BCUT2D eigenvalue weighted by atomic mass is 9.81. The van der Waals surface area contributed by atoms with Crippen molar-refractivity contribution in [2.45, 2.75) is 25.7 Å². The minimum atomic E-state index is -1.34. The quantitative estimate of drug-likeness (QED) is 0.186. The van der Waals surface area contributed by atoms with Gasteiger partial charge in [-0.15, -0.1) is 0 Å². The summed E-state index contributed by atoms with van der Waals surface area (Å²) in [5.74, 6) is 0. The molecule has 6 aromatic rings. The van der Waals surface area contributed by atoms with Crippen LogP contribution >= 0.6 is 0 Å². The highest BCUT2D eigenvalue weighted by Crippen LogP contribution is 2.51. The van der Waals surface area contributed by atoms with E-state index in [1.165, 1.54) is 61.3 Å². The number of hydrogen-bond donors (Lipinski definition) is 3. The summed E-state index contributed by atoms with van der Waals surface area (Å²) in [5, 5.41) is 21.0. The first-order valence-electron chi connectivity index (χ1n) is 15.1. The Hall–Kier alpha value is -4.90. The lowest BCUT2D eigenvalue weighted by Gasteiger charge is -2.23. The highest BCUT2D eigenvalue weighted by molar-refractivity contribution is 6.58. The first kappa shape index (κ1) is 27.9. The van der Waals surface area contributed by atoms with Crippen LogP contribution in [0.1, 0.15) is 36.1 Å². The molecule has 8 rings (SSSR count). The third-order valence-electron chi connectivity index (χ3n) is 9.02. The van der Waals surface area contributed by atoms with Crippen LogP contribution in [0.25, 0.3) is 33.4 Å². The Balaban J connectivity index is 0.000000301. The predicted molar refractivity (Wildman–Crippen MR) is 184 cm³/mol. The molecule has 4 heteroatoms. The molecule has 0 unspecified atom stereocenters. The van der Waals surface area contributed by atoms with Crippen LogP contribution in [0.2, 0.25) is 0 Å². The highest BCUT2D eigenvalue weighted by atomic mass is 16.4. The van der Waals surface area contributed by atoms with Gasteiger partial charge in [0.15, 0.2) is 0 Å². The van der Waals surface area contributed by atoms with Crippen LogP contribution in [0, 0.1) is 0 Å². The van der Waals surface area contributed by atoms with E-state index in [9.17, 15) is 0 Å². The number of hydrogen-bond acceptors (Lipinski definition) is 3. The molecule has 3 nitrogen and oxygen atoms in total. The van der Waals surface area contributed by atoms with Crippen LogP contribution in [0.15, 0.2) is 140 Å². The van der Waals surface area contributed by atoms with Gasteiger partial charge in [-0.2, -0.15) is 0 Å². The molecule has 2 aliphatic carbocycles. The molecule has 0 heterocycles. The number of rotatable bonds is 4. The van der Waals surface area contributed by atoms with Gasteiger partial charge < -0.3 is 15.4 Å². The molecule has 2 aliphatic rings. The van der Waals surface area contributed by atoms with Gasteiger partial charge in [0.05, 0.1) is 5.69 Å². The second-order valence-electron chi connectivity index (χ2n) is 12.1. The third kappa shape index (κ3) is 4.92. The molecule has 6 aromatic carbocycles. The second kappa shape index (κ2) is 11.3. The molecule has 0 spiro atoms. The van der Waals surface area contributed by atoms with Crippen LogP contribution < -0.4 is 10.8 Å². The van der Waals surface area contributed by atoms with E-state index in [0.717, 1.165) is 12.1 Å². The fraction of sp³-hybridized carbons (Fsp3) is 0.100. The lowest BCUT2D eigenvalue weighted by molar-refractivity contribution is 0.426. The average Bonchev–Trinajstić information content (AvgIpc) is 3.55. The van der Waals surface area contributed by atoms with Crippen molar-refractivity contribution in [3.05, 3.63) is 162 Å². The molecule has 214 valence electrons. The van der Waals surface area contributed by atoms with Crippen molar-refractivity contribution in [1.82, 2.24) is 0 Å². The van der Waals surface area contributed by atoms with Crippen molar-refractivity contribution in [2.75, 3.05) is 5.32 Å². The molecule has 0 atom stereocenters. The van der Waals surface area contributed by atoms with Crippen molar-refractivity contribution in [3.63, 3.8) is 0 Å². The summed E-state index contributed by atoms with van der Waals surface area (Å²) >= 11 is 0. The van der Waals surface area contributed by atoms with E-state index >= 15 is 0 Å². The molecule has 3 N–H and O–H groups in total. The van der Waals surface area contributed by atoms with E-state index in [0.29, 0.717) is 5.46 Å². The van der Waals surface area contributed by atoms with Crippen molar-refractivity contribution in [3.8, 4) is 33.4 Å². The van der Waals surface area contributed by atoms with Gasteiger partial charge in [-0.3, -0.25) is 0 Å². The van der Waals surface area contributed by atoms with Crippen molar-refractivity contribution < 1.29 is 10.0 Å². The van der Waals surface area contributed by atoms with Gasteiger partial charge in [0.25, 0.3) is 0 Å². The van der Waals surface area contributed by atoms with Gasteiger partial charge in [-0.25, -0.2) is 0 Å².